The van der Waals surface area contributed by atoms with Gasteiger partial charge in [-0.05, 0) is 18.9 Å². The van der Waals surface area contributed by atoms with Crippen LogP contribution in [0, 0.1) is 0 Å². The fraction of sp³-hybridized carbons (Fsp3) is 0.500. The molecule has 1 atom stereocenters. The van der Waals surface area contributed by atoms with E-state index in [1.54, 1.807) is 25.2 Å². The summed E-state index contributed by atoms with van der Waals surface area (Å²) in [5.41, 5.74) is 0.892. The number of rotatable bonds is 8. The molecule has 0 aliphatic carbocycles. The van der Waals surface area contributed by atoms with Gasteiger partial charge in [0.1, 0.15) is 6.67 Å². The monoisotopic (exact) mass is 318 g/mol. The second kappa shape index (κ2) is 11.2. The van der Waals surface area contributed by atoms with Gasteiger partial charge in [0.2, 0.25) is 0 Å². The van der Waals surface area contributed by atoms with Crippen molar-refractivity contribution < 1.29 is 13.9 Å². The SMILES string of the molecule is CCOC(=O)C/C=C/C(/C=C\CF)=C/CC(C)Br. The number of hydrogen-bond acceptors (Lipinski definition) is 2. The second-order valence-electron chi connectivity index (χ2n) is 3.69. The lowest BCUT2D eigenvalue weighted by Gasteiger charge is -1.99. The summed E-state index contributed by atoms with van der Waals surface area (Å²) in [4.78, 5) is 11.5. The standard InChI is InChI=1S/C14H20BrFO2/c1-3-18-14(17)8-4-6-13(7-5-11-16)10-9-12(2)15/h4-7,10,12H,3,8-9,11H2,1-2H3/b6-4+,7-5-,13-10-. The molecule has 1 unspecified atom stereocenters. The van der Waals surface area contributed by atoms with Crippen LogP contribution in [0.5, 0.6) is 0 Å². The zero-order valence-corrected chi connectivity index (χ0v) is 12.5. The zero-order valence-electron chi connectivity index (χ0n) is 10.9. The quantitative estimate of drug-likeness (QED) is 0.382. The van der Waals surface area contributed by atoms with Crippen LogP contribution in [0.25, 0.3) is 0 Å². The molecule has 0 amide bonds. The predicted octanol–water partition coefficient (Wildman–Crippen LogP) is 4.12. The van der Waals surface area contributed by atoms with Gasteiger partial charge in [-0.25, -0.2) is 4.39 Å². The number of alkyl halides is 2. The molecule has 0 saturated heterocycles. The second-order valence-corrected chi connectivity index (χ2v) is 5.25. The molecule has 0 rings (SSSR count). The van der Waals surface area contributed by atoms with Crippen molar-refractivity contribution in [1.29, 1.82) is 0 Å². The maximum absolute atomic E-state index is 12.1. The summed E-state index contributed by atoms with van der Waals surface area (Å²) in [6.45, 7) is 3.70. The largest absolute Gasteiger partial charge is 0.466 e. The van der Waals surface area contributed by atoms with Gasteiger partial charge in [0.15, 0.2) is 0 Å². The van der Waals surface area contributed by atoms with E-state index in [1.807, 2.05) is 13.0 Å². The molecule has 102 valence electrons. The summed E-state index contributed by atoms with van der Waals surface area (Å²) in [5.74, 6) is -0.253. The lowest BCUT2D eigenvalue weighted by atomic mass is 10.1. The topological polar surface area (TPSA) is 26.3 Å². The van der Waals surface area contributed by atoms with Gasteiger partial charge in [0.05, 0.1) is 13.0 Å². The van der Waals surface area contributed by atoms with Gasteiger partial charge >= 0.3 is 5.97 Å². The van der Waals surface area contributed by atoms with E-state index in [0.29, 0.717) is 11.4 Å². The van der Waals surface area contributed by atoms with Crippen LogP contribution in [0.15, 0.2) is 36.0 Å². The maximum atomic E-state index is 12.1. The Bertz CT molecular complexity index is 320. The Morgan fingerprint density at radius 1 is 1.39 bits per heavy atom. The number of halogens is 2. The minimum absolute atomic E-state index is 0.235. The number of ether oxygens (including phenoxy) is 1. The van der Waals surface area contributed by atoms with Crippen LogP contribution in [0.3, 0.4) is 0 Å². The summed E-state index contributed by atoms with van der Waals surface area (Å²) >= 11 is 3.44. The Morgan fingerprint density at radius 3 is 2.61 bits per heavy atom. The molecule has 0 aromatic heterocycles. The third-order valence-corrected chi connectivity index (χ3v) is 2.35. The minimum Gasteiger partial charge on any atom is -0.466 e. The van der Waals surface area contributed by atoms with E-state index in [4.69, 9.17) is 4.74 Å². The molecular weight excluding hydrogens is 299 g/mol. The molecule has 0 aliphatic rings. The number of carbonyl (C=O) groups is 1. The molecule has 0 saturated carbocycles. The number of allylic oxidation sites excluding steroid dienone is 5. The molecule has 0 spiro atoms. The molecule has 0 heterocycles. The first-order chi connectivity index (χ1) is 8.60. The first kappa shape index (κ1) is 17.1. The molecule has 0 radical (unpaired) electrons. The molecule has 2 nitrogen and oxygen atoms in total. The van der Waals surface area contributed by atoms with Crippen molar-refractivity contribution in [2.24, 2.45) is 0 Å². The third kappa shape index (κ3) is 10.3. The van der Waals surface area contributed by atoms with E-state index in [-0.39, 0.29) is 12.4 Å². The Hall–Kier alpha value is -0.900. The van der Waals surface area contributed by atoms with Gasteiger partial charge < -0.3 is 4.74 Å². The van der Waals surface area contributed by atoms with Crippen molar-refractivity contribution in [2.75, 3.05) is 13.3 Å². The molecule has 0 aliphatic heterocycles. The van der Waals surface area contributed by atoms with E-state index in [1.165, 1.54) is 6.08 Å². The highest BCUT2D eigenvalue weighted by Gasteiger charge is 1.97. The molecule has 4 heteroatoms. The van der Waals surface area contributed by atoms with Crippen molar-refractivity contribution in [3.05, 3.63) is 36.0 Å². The highest BCUT2D eigenvalue weighted by Crippen LogP contribution is 2.09. The summed E-state index contributed by atoms with van der Waals surface area (Å²) in [7, 11) is 0. The average molecular weight is 319 g/mol. The summed E-state index contributed by atoms with van der Waals surface area (Å²) in [6, 6.07) is 0. The van der Waals surface area contributed by atoms with Gasteiger partial charge in [-0.1, -0.05) is 53.2 Å². The van der Waals surface area contributed by atoms with Gasteiger partial charge in [-0.2, -0.15) is 0 Å². The Morgan fingerprint density at radius 2 is 2.06 bits per heavy atom. The van der Waals surface area contributed by atoms with E-state index < -0.39 is 6.67 Å². The van der Waals surface area contributed by atoms with Crippen molar-refractivity contribution in [1.82, 2.24) is 0 Å². The minimum atomic E-state index is -0.493. The molecule has 0 aromatic rings. The lowest BCUT2D eigenvalue weighted by Crippen LogP contribution is -2.01. The molecule has 0 aromatic carbocycles. The normalized spacial score (nSPS) is 14.3. The average Bonchev–Trinajstić information content (AvgIpc) is 2.32. The first-order valence-corrected chi connectivity index (χ1v) is 6.90. The van der Waals surface area contributed by atoms with Crippen molar-refractivity contribution in [3.8, 4) is 0 Å². The highest BCUT2D eigenvalue weighted by atomic mass is 79.9. The smallest absolute Gasteiger partial charge is 0.309 e. The van der Waals surface area contributed by atoms with Gasteiger partial charge in [-0.3, -0.25) is 4.79 Å². The van der Waals surface area contributed by atoms with Crippen LogP contribution in [0.4, 0.5) is 4.39 Å². The summed E-state index contributed by atoms with van der Waals surface area (Å²) in [5, 5.41) is 0. The van der Waals surface area contributed by atoms with E-state index in [0.717, 1.165) is 12.0 Å². The van der Waals surface area contributed by atoms with Crippen LogP contribution in [0.1, 0.15) is 26.7 Å². The number of hydrogen-bond donors (Lipinski definition) is 0. The van der Waals surface area contributed by atoms with Gasteiger partial charge in [0.25, 0.3) is 0 Å². The van der Waals surface area contributed by atoms with Crippen LogP contribution in [-0.4, -0.2) is 24.1 Å². The highest BCUT2D eigenvalue weighted by molar-refractivity contribution is 9.09. The van der Waals surface area contributed by atoms with Crippen molar-refractivity contribution in [2.45, 2.75) is 31.5 Å². The number of carbonyl (C=O) groups excluding carboxylic acids is 1. The van der Waals surface area contributed by atoms with Gasteiger partial charge in [0, 0.05) is 4.83 Å². The van der Waals surface area contributed by atoms with Gasteiger partial charge in [-0.15, -0.1) is 0 Å². The van der Waals surface area contributed by atoms with Crippen LogP contribution in [-0.2, 0) is 9.53 Å². The molecular formula is C14H20BrFO2. The number of esters is 1. The fourth-order valence-electron chi connectivity index (χ4n) is 1.18. The zero-order chi connectivity index (χ0) is 13.8. The Labute approximate surface area is 117 Å². The fourth-order valence-corrected chi connectivity index (χ4v) is 1.37. The molecule has 0 bridgehead atoms. The third-order valence-electron chi connectivity index (χ3n) is 1.98. The predicted molar refractivity (Wildman–Crippen MR) is 76.6 cm³/mol. The Balaban J connectivity index is 4.39. The van der Waals surface area contributed by atoms with Crippen molar-refractivity contribution in [3.63, 3.8) is 0 Å². The maximum Gasteiger partial charge on any atom is 0.309 e. The lowest BCUT2D eigenvalue weighted by molar-refractivity contribution is -0.142. The van der Waals surface area contributed by atoms with E-state index in [2.05, 4.69) is 15.9 Å². The molecule has 18 heavy (non-hydrogen) atoms. The van der Waals surface area contributed by atoms with E-state index in [9.17, 15) is 9.18 Å². The van der Waals surface area contributed by atoms with Crippen molar-refractivity contribution >= 4 is 21.9 Å². The Kier molecular flexibility index (Phi) is 10.6. The summed E-state index contributed by atoms with van der Waals surface area (Å²) < 4.78 is 16.9. The van der Waals surface area contributed by atoms with Crippen LogP contribution >= 0.6 is 15.9 Å². The molecule has 0 fully saturated rings. The molecule has 0 N–H and O–H groups in total. The summed E-state index contributed by atoms with van der Waals surface area (Å²) in [6.07, 6.45) is 9.75. The van der Waals surface area contributed by atoms with E-state index >= 15 is 0 Å². The van der Waals surface area contributed by atoms with Crippen LogP contribution in [0.2, 0.25) is 0 Å². The first-order valence-electron chi connectivity index (χ1n) is 5.99. The van der Waals surface area contributed by atoms with Crippen LogP contribution < -0.4 is 0 Å².